The number of nitrogen functional groups attached to an aromatic ring is 1. The van der Waals surface area contributed by atoms with Crippen molar-refractivity contribution in [3.05, 3.63) is 53.1 Å². The van der Waals surface area contributed by atoms with Crippen molar-refractivity contribution in [3.8, 4) is 5.75 Å². The summed E-state index contributed by atoms with van der Waals surface area (Å²) in [5.41, 5.74) is 4.27. The molecule has 3 unspecified atom stereocenters. The number of hydrogen-bond donors (Lipinski definition) is 3. The number of alkyl halides is 2. The second-order valence-electron chi connectivity index (χ2n) is 7.70. The predicted molar refractivity (Wildman–Crippen MR) is 118 cm³/mol. The van der Waals surface area contributed by atoms with Crippen LogP contribution in [-0.2, 0) is 23.4 Å². The van der Waals surface area contributed by atoms with Crippen LogP contribution in [0.15, 0.2) is 47.4 Å². The minimum atomic E-state index is -4.43. The van der Waals surface area contributed by atoms with Crippen molar-refractivity contribution in [2.45, 2.75) is 50.4 Å². The Labute approximate surface area is 198 Å². The van der Waals surface area contributed by atoms with Crippen molar-refractivity contribution in [2.75, 3.05) is 12.8 Å². The molecule has 35 heavy (non-hydrogen) atoms. The van der Waals surface area contributed by atoms with E-state index in [1.165, 1.54) is 26.0 Å². The van der Waals surface area contributed by atoms with E-state index in [9.17, 15) is 28.0 Å². The highest BCUT2D eigenvalue weighted by Crippen LogP contribution is 2.50. The first kappa shape index (κ1) is 26.7. The van der Waals surface area contributed by atoms with Gasteiger partial charge in [-0.05, 0) is 32.0 Å². The summed E-state index contributed by atoms with van der Waals surface area (Å²) in [6, 6.07) is 7.68. The molecule has 1 aromatic heterocycles. The number of halogens is 2. The number of aliphatic hydroxyl groups is 1. The molecule has 6 atom stereocenters. The molecule has 1 aromatic carbocycles. The zero-order valence-electron chi connectivity index (χ0n) is 18.9. The van der Waals surface area contributed by atoms with E-state index >= 15 is 0 Å². The molecule has 0 saturated carbocycles. The fourth-order valence-electron chi connectivity index (χ4n) is 3.35. The number of aromatic nitrogens is 2. The Morgan fingerprint density at radius 3 is 2.57 bits per heavy atom. The molecule has 3 rings (SSSR count). The van der Waals surface area contributed by atoms with Crippen molar-refractivity contribution < 1.29 is 41.8 Å². The minimum Gasteiger partial charge on any atom is -0.468 e. The van der Waals surface area contributed by atoms with Gasteiger partial charge in [0.2, 0.25) is 6.23 Å². The quantitative estimate of drug-likeness (QED) is 0.325. The summed E-state index contributed by atoms with van der Waals surface area (Å²) in [4.78, 5) is 27.3. The maximum Gasteiger partial charge on any atom is 0.459 e. The van der Waals surface area contributed by atoms with Gasteiger partial charge >= 0.3 is 25.3 Å². The number of ether oxygens (including phenoxy) is 2. The molecule has 0 aliphatic carbocycles. The third kappa shape index (κ3) is 5.85. The summed E-state index contributed by atoms with van der Waals surface area (Å²) in [5, 5.41) is 12.7. The van der Waals surface area contributed by atoms with E-state index in [0.717, 1.165) is 19.4 Å². The van der Waals surface area contributed by atoms with Gasteiger partial charge in [-0.1, -0.05) is 18.2 Å². The number of nitrogens with one attached hydrogen (secondary N) is 1. The summed E-state index contributed by atoms with van der Waals surface area (Å²) < 4.78 is 64.6. The number of aliphatic hydroxyl groups excluding tert-OH is 1. The smallest absolute Gasteiger partial charge is 0.459 e. The molecule has 1 fully saturated rings. The third-order valence-electron chi connectivity index (χ3n) is 5.07. The van der Waals surface area contributed by atoms with Gasteiger partial charge in [-0.15, -0.1) is 0 Å². The SMILES string of the molecule is COC(=O)C(C)NP(=O)(Oc1ccccc1)OC(C)[C@H]1O[C@@H](n2ccc(N)nc2=O)C(F)(F)[C@@H]1O. The average molecular weight is 518 g/mol. The van der Waals surface area contributed by atoms with Crippen LogP contribution in [0.2, 0.25) is 0 Å². The van der Waals surface area contributed by atoms with Gasteiger partial charge in [0.05, 0.1) is 13.2 Å². The molecule has 2 aromatic rings. The highest BCUT2D eigenvalue weighted by molar-refractivity contribution is 7.52. The molecule has 1 saturated heterocycles. The van der Waals surface area contributed by atoms with Crippen LogP contribution in [0.5, 0.6) is 5.75 Å². The van der Waals surface area contributed by atoms with Crippen LogP contribution in [-0.4, -0.2) is 58.0 Å². The molecular formula is C20H25F2N4O8P. The molecule has 192 valence electrons. The molecule has 1 aliphatic heterocycles. The number of nitrogens with two attached hydrogens (primary N) is 1. The van der Waals surface area contributed by atoms with Crippen LogP contribution in [0.3, 0.4) is 0 Å². The number of anilines is 1. The van der Waals surface area contributed by atoms with E-state index in [2.05, 4.69) is 14.8 Å². The monoisotopic (exact) mass is 518 g/mol. The first-order chi connectivity index (χ1) is 16.4. The number of carbonyl (C=O) groups is 1. The second-order valence-corrected chi connectivity index (χ2v) is 9.35. The standard InChI is InChI=1S/C20H25F2N4O8P/c1-11(17(28)31-3)25-35(30,34-13-7-5-4-6-8-13)33-12(2)15-16(27)20(21,22)18(32-15)26-10-9-14(23)24-19(26)29/h4-12,15-16,18,27H,1-3H3,(H,25,30)(H2,23,24,29)/t11?,12?,15-,16-,18-,35?/m1/s1. The second kappa shape index (κ2) is 10.4. The molecule has 15 heteroatoms. The van der Waals surface area contributed by atoms with Gasteiger partial charge in [0.1, 0.15) is 23.7 Å². The van der Waals surface area contributed by atoms with E-state index in [4.69, 9.17) is 19.5 Å². The van der Waals surface area contributed by atoms with E-state index in [0.29, 0.717) is 4.57 Å². The lowest BCUT2D eigenvalue weighted by atomic mass is 10.1. The zero-order valence-corrected chi connectivity index (χ0v) is 19.8. The highest BCUT2D eigenvalue weighted by atomic mass is 31.2. The van der Waals surface area contributed by atoms with Crippen LogP contribution in [0.4, 0.5) is 14.6 Å². The van der Waals surface area contributed by atoms with Crippen LogP contribution < -0.4 is 21.0 Å². The van der Waals surface area contributed by atoms with E-state index in [1.807, 2.05) is 0 Å². The Balaban J connectivity index is 1.86. The number of para-hydroxylation sites is 1. The van der Waals surface area contributed by atoms with E-state index in [-0.39, 0.29) is 11.6 Å². The van der Waals surface area contributed by atoms with E-state index < -0.39 is 55.9 Å². The van der Waals surface area contributed by atoms with Gasteiger partial charge in [-0.25, -0.2) is 9.36 Å². The fourth-order valence-corrected chi connectivity index (χ4v) is 5.04. The van der Waals surface area contributed by atoms with Crippen LogP contribution in [0.25, 0.3) is 0 Å². The van der Waals surface area contributed by atoms with Gasteiger partial charge in [-0.2, -0.15) is 18.9 Å². The van der Waals surface area contributed by atoms with Gasteiger partial charge in [-0.3, -0.25) is 13.9 Å². The lowest BCUT2D eigenvalue weighted by Gasteiger charge is -2.28. The normalized spacial score (nSPS) is 24.8. The Hall–Kier alpha value is -2.90. The maximum absolute atomic E-state index is 14.9. The van der Waals surface area contributed by atoms with Crippen molar-refractivity contribution in [2.24, 2.45) is 0 Å². The van der Waals surface area contributed by atoms with Gasteiger partial charge in [0.15, 0.2) is 6.10 Å². The van der Waals surface area contributed by atoms with Crippen molar-refractivity contribution in [1.82, 2.24) is 14.6 Å². The number of benzene rings is 1. The molecule has 0 radical (unpaired) electrons. The number of rotatable bonds is 9. The average Bonchev–Trinajstić information content (AvgIpc) is 3.02. The molecule has 0 bridgehead atoms. The van der Waals surface area contributed by atoms with Crippen molar-refractivity contribution in [3.63, 3.8) is 0 Å². The Bertz CT molecular complexity index is 1150. The topological polar surface area (TPSA) is 164 Å². The lowest BCUT2D eigenvalue weighted by Crippen LogP contribution is -2.44. The Morgan fingerprint density at radius 1 is 1.31 bits per heavy atom. The Kier molecular flexibility index (Phi) is 7.92. The highest BCUT2D eigenvalue weighted by Gasteiger charge is 2.61. The largest absolute Gasteiger partial charge is 0.468 e. The fraction of sp³-hybridized carbons (Fsp3) is 0.450. The van der Waals surface area contributed by atoms with Gasteiger partial charge in [0.25, 0.3) is 0 Å². The van der Waals surface area contributed by atoms with Gasteiger partial charge < -0.3 is 24.8 Å². The zero-order chi connectivity index (χ0) is 26.0. The number of hydrogen-bond acceptors (Lipinski definition) is 10. The maximum atomic E-state index is 14.9. The first-order valence-electron chi connectivity index (χ1n) is 10.3. The molecule has 1 aliphatic rings. The first-order valence-corrected chi connectivity index (χ1v) is 11.9. The number of nitrogens with zero attached hydrogens (tertiary/aromatic N) is 2. The van der Waals surface area contributed by atoms with Crippen LogP contribution in [0, 0.1) is 0 Å². The summed E-state index contributed by atoms with van der Waals surface area (Å²) in [6.07, 6.45) is -7.00. The van der Waals surface area contributed by atoms with Crippen molar-refractivity contribution in [1.29, 1.82) is 0 Å². The Morgan fingerprint density at radius 2 is 1.97 bits per heavy atom. The molecule has 0 amide bonds. The van der Waals surface area contributed by atoms with Gasteiger partial charge in [0, 0.05) is 6.20 Å². The van der Waals surface area contributed by atoms with Crippen molar-refractivity contribution >= 4 is 19.5 Å². The lowest BCUT2D eigenvalue weighted by molar-refractivity contribution is -0.142. The summed E-state index contributed by atoms with van der Waals surface area (Å²) >= 11 is 0. The minimum absolute atomic E-state index is 0.0863. The summed E-state index contributed by atoms with van der Waals surface area (Å²) in [7, 11) is -3.32. The summed E-state index contributed by atoms with van der Waals surface area (Å²) in [6.45, 7) is 2.54. The van der Waals surface area contributed by atoms with E-state index in [1.54, 1.807) is 18.2 Å². The predicted octanol–water partition coefficient (Wildman–Crippen LogP) is 1.46. The molecule has 12 nitrogen and oxygen atoms in total. The number of esters is 1. The molecular weight excluding hydrogens is 493 g/mol. The molecule has 2 heterocycles. The molecule has 4 N–H and O–H groups in total. The van der Waals surface area contributed by atoms with Crippen LogP contribution >= 0.6 is 7.75 Å². The molecule has 0 spiro atoms. The summed E-state index contributed by atoms with van der Waals surface area (Å²) in [5.74, 6) is -4.85. The number of methoxy groups -OCH3 is 1. The number of carbonyl (C=O) groups excluding carboxylic acids is 1. The van der Waals surface area contributed by atoms with Crippen LogP contribution in [0.1, 0.15) is 20.1 Å². The third-order valence-corrected chi connectivity index (χ3v) is 6.83.